The van der Waals surface area contributed by atoms with E-state index < -0.39 is 92.0 Å². The van der Waals surface area contributed by atoms with E-state index in [4.69, 9.17) is 23.7 Å². The number of fused-ring (bicyclic) bond motifs is 3. The number of sulfonamides is 1. The van der Waals surface area contributed by atoms with Crippen molar-refractivity contribution in [3.63, 3.8) is 0 Å². The third-order valence-corrected chi connectivity index (χ3v) is 14.3. The molecule has 2 aromatic rings. The Morgan fingerprint density at radius 2 is 1.83 bits per heavy atom. The van der Waals surface area contributed by atoms with Gasteiger partial charge in [0.1, 0.15) is 35.2 Å². The second kappa shape index (κ2) is 16.6. The molecule has 0 bridgehead atoms. The van der Waals surface area contributed by atoms with Crippen LogP contribution in [0.3, 0.4) is 0 Å². The van der Waals surface area contributed by atoms with Gasteiger partial charge in [0.15, 0.2) is 5.60 Å². The molecule has 330 valence electrons. The summed E-state index contributed by atoms with van der Waals surface area (Å²) in [5, 5.41) is 5.86. The highest BCUT2D eigenvalue weighted by molar-refractivity contribution is 7.91. The molecule has 60 heavy (non-hydrogen) atoms. The molecule has 0 radical (unpaired) electrons. The Morgan fingerprint density at radius 1 is 1.12 bits per heavy atom. The second-order valence-corrected chi connectivity index (χ2v) is 19.2. The first-order valence-corrected chi connectivity index (χ1v) is 21.6. The van der Waals surface area contributed by atoms with Crippen molar-refractivity contribution in [3.8, 4) is 17.4 Å². The molecule has 7 unspecified atom stereocenters. The van der Waals surface area contributed by atoms with Gasteiger partial charge in [0, 0.05) is 36.8 Å². The van der Waals surface area contributed by atoms with E-state index in [1.54, 1.807) is 51.1 Å². The third-order valence-electron chi connectivity index (χ3n) is 12.1. The van der Waals surface area contributed by atoms with Crippen molar-refractivity contribution >= 4 is 44.7 Å². The van der Waals surface area contributed by atoms with Gasteiger partial charge in [-0.15, -0.1) is 0 Å². The fourth-order valence-corrected chi connectivity index (χ4v) is 8.75. The van der Waals surface area contributed by atoms with Crippen molar-refractivity contribution in [2.24, 2.45) is 5.92 Å². The number of amides is 4. The summed E-state index contributed by atoms with van der Waals surface area (Å²) in [4.78, 5) is 62.6. The zero-order valence-electron chi connectivity index (χ0n) is 35.1. The molecule has 1 aromatic carbocycles. The number of methoxy groups -OCH3 is 2. The molecule has 6 rings (SSSR count). The lowest BCUT2D eigenvalue weighted by Crippen LogP contribution is -2.61. The monoisotopic (exact) mass is 863 g/mol. The highest BCUT2D eigenvalue weighted by atomic mass is 32.2. The Balaban J connectivity index is 1.39. The smallest absolute Gasteiger partial charge is 0.408 e. The first-order valence-electron chi connectivity index (χ1n) is 20.1. The van der Waals surface area contributed by atoms with Crippen LogP contribution in [0.5, 0.6) is 17.4 Å². The highest BCUT2D eigenvalue weighted by Gasteiger charge is 2.63. The van der Waals surface area contributed by atoms with E-state index in [9.17, 15) is 36.4 Å². The van der Waals surface area contributed by atoms with Crippen LogP contribution >= 0.6 is 0 Å². The number of alkyl halides is 2. The van der Waals surface area contributed by atoms with Gasteiger partial charge in [-0.3, -0.25) is 19.1 Å². The number of benzene rings is 1. The summed E-state index contributed by atoms with van der Waals surface area (Å²) in [5.74, 6) is -5.44. The Hall–Kier alpha value is -4.78. The van der Waals surface area contributed by atoms with Crippen molar-refractivity contribution in [2.75, 3.05) is 20.8 Å². The molecule has 0 spiro atoms. The number of alkyl carbamates (subject to hydrolysis) is 1. The molecule has 1 aromatic heterocycles. The summed E-state index contributed by atoms with van der Waals surface area (Å²) in [6, 6.07) is 3.82. The summed E-state index contributed by atoms with van der Waals surface area (Å²) in [6.07, 6.45) is 1.73. The van der Waals surface area contributed by atoms with Crippen molar-refractivity contribution in [3.05, 3.63) is 36.4 Å². The Labute approximate surface area is 348 Å². The van der Waals surface area contributed by atoms with Crippen LogP contribution < -0.4 is 29.6 Å². The van der Waals surface area contributed by atoms with E-state index >= 15 is 0 Å². The number of nitrogens with one attached hydrogen (secondary N) is 3. The SMILES string of the molecule is CCC1OC(C)CCC=CC2CC2(C(=O)NS(=O)(=O)C2(C)CC2)NC(=O)C2CC(Oc3cc(OC)nc4cc(OC)ccc34)CN2C(=O)C1NC(=O)OC(C)(C)C(C)(F)F. The van der Waals surface area contributed by atoms with Gasteiger partial charge >= 0.3 is 6.09 Å². The number of hydrogen-bond acceptors (Lipinski definition) is 12. The van der Waals surface area contributed by atoms with E-state index in [1.807, 2.05) is 6.08 Å². The summed E-state index contributed by atoms with van der Waals surface area (Å²) < 4.78 is 85.4. The standard InChI is InChI=1S/C41H55F2N5O11S/c1-9-30-33(45-37(52)59-38(3,4)40(6,42)43)35(50)48-22-26(58-31-20-32(56-8)44-28-18-25(55-7)14-15-27(28)31)19-29(48)34(49)46-41(21-24(41)13-11-10-12-23(2)57-30)36(51)47-60(53,54)39(5)16-17-39/h11,13-15,18,20,23-24,26,29-30,33H,9-10,12,16-17,19,21-22H2,1-8H3,(H,45,52)(H,46,49)(H,47,51). The van der Waals surface area contributed by atoms with Crippen LogP contribution in [0.25, 0.3) is 10.9 Å². The number of hydrogen-bond donors (Lipinski definition) is 3. The average Bonchev–Trinajstić information content (AvgIpc) is 4.06. The largest absolute Gasteiger partial charge is 0.497 e. The molecule has 3 heterocycles. The average molecular weight is 864 g/mol. The predicted molar refractivity (Wildman–Crippen MR) is 214 cm³/mol. The molecule has 2 saturated carbocycles. The minimum atomic E-state index is -4.08. The van der Waals surface area contributed by atoms with Gasteiger partial charge in [-0.25, -0.2) is 27.0 Å². The molecule has 19 heteroatoms. The number of nitrogens with zero attached hydrogens (tertiary/aromatic N) is 2. The van der Waals surface area contributed by atoms with Crippen LogP contribution in [-0.2, 0) is 33.9 Å². The molecule has 4 aliphatic rings. The number of aromatic nitrogens is 1. The Kier molecular flexibility index (Phi) is 12.4. The molecule has 4 amide bonds. The fraction of sp³-hybridized carbons (Fsp3) is 0.634. The van der Waals surface area contributed by atoms with E-state index in [1.165, 1.54) is 19.1 Å². The molecule has 3 fully saturated rings. The lowest BCUT2D eigenvalue weighted by molar-refractivity contribution is -0.153. The van der Waals surface area contributed by atoms with Crippen LogP contribution in [0.1, 0.15) is 86.5 Å². The summed E-state index contributed by atoms with van der Waals surface area (Å²) >= 11 is 0. The van der Waals surface area contributed by atoms with Crippen molar-refractivity contribution in [1.29, 1.82) is 0 Å². The lowest BCUT2D eigenvalue weighted by Gasteiger charge is -2.35. The van der Waals surface area contributed by atoms with Gasteiger partial charge in [0.25, 0.3) is 11.8 Å². The lowest BCUT2D eigenvalue weighted by atomic mass is 10.0. The van der Waals surface area contributed by atoms with Gasteiger partial charge in [-0.05, 0) is 78.4 Å². The number of pyridine rings is 1. The van der Waals surface area contributed by atoms with Crippen molar-refractivity contribution in [2.45, 2.75) is 139 Å². The third kappa shape index (κ3) is 9.11. The second-order valence-electron chi connectivity index (χ2n) is 17.0. The van der Waals surface area contributed by atoms with Crippen molar-refractivity contribution < 1.29 is 60.1 Å². The van der Waals surface area contributed by atoms with Crippen LogP contribution in [0.15, 0.2) is 36.4 Å². The number of rotatable bonds is 11. The Bertz CT molecular complexity index is 2140. The van der Waals surface area contributed by atoms with Crippen LogP contribution in [0.2, 0.25) is 0 Å². The fourth-order valence-electron chi connectivity index (χ4n) is 7.44. The normalized spacial score (nSPS) is 28.3. The van der Waals surface area contributed by atoms with Gasteiger partial charge in [-0.2, -0.15) is 0 Å². The number of carbonyl (C=O) groups excluding carboxylic acids is 4. The van der Waals surface area contributed by atoms with Gasteiger partial charge in [0.2, 0.25) is 27.7 Å². The first kappa shape index (κ1) is 44.8. The molecule has 1 saturated heterocycles. The molecular weight excluding hydrogens is 809 g/mol. The topological polar surface area (TPSA) is 201 Å². The van der Waals surface area contributed by atoms with Gasteiger partial charge in [-0.1, -0.05) is 19.1 Å². The summed E-state index contributed by atoms with van der Waals surface area (Å²) in [7, 11) is -1.14. The maximum absolute atomic E-state index is 15.0. The molecule has 2 aliphatic heterocycles. The van der Waals surface area contributed by atoms with Crippen LogP contribution in [0.4, 0.5) is 13.6 Å². The van der Waals surface area contributed by atoms with E-state index in [-0.39, 0.29) is 31.7 Å². The minimum absolute atomic E-state index is 0.0952. The molecular formula is C41H55F2N5O11S. The van der Waals surface area contributed by atoms with Gasteiger partial charge < -0.3 is 39.2 Å². The van der Waals surface area contributed by atoms with Gasteiger partial charge in [0.05, 0.1) is 43.2 Å². The maximum Gasteiger partial charge on any atom is 0.408 e. The summed E-state index contributed by atoms with van der Waals surface area (Å²) in [5.41, 5.74) is -3.45. The number of carbonyl (C=O) groups is 4. The van der Waals surface area contributed by atoms with E-state index in [0.717, 1.165) is 13.8 Å². The summed E-state index contributed by atoms with van der Waals surface area (Å²) in [6.45, 7) is 7.52. The molecule has 7 atom stereocenters. The van der Waals surface area contributed by atoms with E-state index in [0.29, 0.717) is 55.0 Å². The number of ether oxygens (including phenoxy) is 5. The number of allylic oxidation sites excluding steroid dienone is 1. The zero-order chi connectivity index (χ0) is 44.0. The molecule has 2 aliphatic carbocycles. The molecule has 16 nitrogen and oxygen atoms in total. The van der Waals surface area contributed by atoms with E-state index in [2.05, 4.69) is 20.3 Å². The molecule has 3 N–H and O–H groups in total. The van der Waals surface area contributed by atoms with Crippen LogP contribution in [0, 0.1) is 5.92 Å². The maximum atomic E-state index is 15.0. The minimum Gasteiger partial charge on any atom is -0.497 e. The quantitative estimate of drug-likeness (QED) is 0.267. The van der Waals surface area contributed by atoms with Crippen molar-refractivity contribution in [1.82, 2.24) is 25.2 Å². The Morgan fingerprint density at radius 3 is 2.47 bits per heavy atom. The predicted octanol–water partition coefficient (Wildman–Crippen LogP) is 4.54. The van der Waals surface area contributed by atoms with Crippen LogP contribution in [-0.4, -0.2) is 115 Å². The first-order chi connectivity index (χ1) is 28.1. The number of halogens is 2. The highest BCUT2D eigenvalue weighted by Crippen LogP contribution is 2.48. The zero-order valence-corrected chi connectivity index (χ0v) is 36.0.